The molecule has 0 rings (SSSR count). The van der Waals surface area contributed by atoms with Gasteiger partial charge in [0, 0.05) is 0 Å². The Morgan fingerprint density at radius 2 is 2.00 bits per heavy atom. The van der Waals surface area contributed by atoms with Crippen molar-refractivity contribution in [2.45, 2.75) is 32.6 Å². The summed E-state index contributed by atoms with van der Waals surface area (Å²) in [4.78, 5) is 0. The Morgan fingerprint density at radius 1 is 1.43 bits per heavy atom. The first-order valence-corrected chi connectivity index (χ1v) is 2.71. The molecule has 0 aliphatic carbocycles. The molecule has 0 radical (unpaired) electrons. The molecule has 0 unspecified atom stereocenters. The molecule has 0 heterocycles. The standard InChI is InChI=1S/C6H13.Mg.H/c1-3-5-6-4-2;;/h1,3-6H2,2H3;;/q-1;+2;-1. The molecular formula is C6H14Mg. The number of hydrogen-bond donors (Lipinski definition) is 0. The van der Waals surface area contributed by atoms with Gasteiger partial charge in [0.05, 0.1) is 0 Å². The molecule has 0 N–H and O–H groups in total. The summed E-state index contributed by atoms with van der Waals surface area (Å²) in [5.41, 5.74) is 0. The van der Waals surface area contributed by atoms with Gasteiger partial charge in [0.25, 0.3) is 0 Å². The van der Waals surface area contributed by atoms with E-state index in [4.69, 9.17) is 0 Å². The largest absolute Gasteiger partial charge is 2.00 e. The van der Waals surface area contributed by atoms with Crippen LogP contribution in [0.1, 0.15) is 34.0 Å². The Hall–Kier alpha value is 0.766. The van der Waals surface area contributed by atoms with Crippen molar-refractivity contribution in [3.8, 4) is 0 Å². The molecule has 0 saturated heterocycles. The molecule has 0 amide bonds. The van der Waals surface area contributed by atoms with E-state index in [1.807, 2.05) is 0 Å². The van der Waals surface area contributed by atoms with E-state index in [0.717, 1.165) is 6.42 Å². The monoisotopic (exact) mass is 110 g/mol. The average molecular weight is 110 g/mol. The third-order valence-electron chi connectivity index (χ3n) is 0.854. The van der Waals surface area contributed by atoms with Crippen molar-refractivity contribution >= 4 is 23.1 Å². The predicted molar refractivity (Wildman–Crippen MR) is 36.4 cm³/mol. The fraction of sp³-hybridized carbons (Fsp3) is 0.833. The van der Waals surface area contributed by atoms with E-state index in [0.29, 0.717) is 0 Å². The summed E-state index contributed by atoms with van der Waals surface area (Å²) in [5, 5.41) is 0. The maximum absolute atomic E-state index is 3.72. The predicted octanol–water partition coefficient (Wildman–Crippen LogP) is 2.13. The van der Waals surface area contributed by atoms with Crippen LogP contribution in [0, 0.1) is 6.92 Å². The summed E-state index contributed by atoms with van der Waals surface area (Å²) in [5.74, 6) is 0. The van der Waals surface area contributed by atoms with Crippen molar-refractivity contribution in [3.63, 3.8) is 0 Å². The van der Waals surface area contributed by atoms with Gasteiger partial charge in [-0.3, -0.25) is 0 Å². The first-order chi connectivity index (χ1) is 2.91. The first-order valence-electron chi connectivity index (χ1n) is 2.71. The maximum atomic E-state index is 3.72. The molecule has 1 heteroatoms. The smallest absolute Gasteiger partial charge is 1.00 e. The van der Waals surface area contributed by atoms with E-state index in [1.54, 1.807) is 0 Å². The molecule has 7 heavy (non-hydrogen) atoms. The quantitative estimate of drug-likeness (QED) is 0.297. The minimum Gasteiger partial charge on any atom is -1.00 e. The normalized spacial score (nSPS) is 7.71. The van der Waals surface area contributed by atoms with Crippen molar-refractivity contribution in [1.82, 2.24) is 0 Å². The zero-order chi connectivity index (χ0) is 4.83. The molecule has 0 aromatic heterocycles. The van der Waals surface area contributed by atoms with Crippen LogP contribution in [-0.2, 0) is 0 Å². The Bertz CT molecular complexity index is 20.5. The second-order valence-corrected chi connectivity index (χ2v) is 1.56. The van der Waals surface area contributed by atoms with E-state index in [2.05, 4.69) is 13.8 Å². The van der Waals surface area contributed by atoms with Gasteiger partial charge in [0.1, 0.15) is 0 Å². The zero-order valence-corrected chi connectivity index (χ0v) is 6.66. The number of rotatable bonds is 3. The third-order valence-corrected chi connectivity index (χ3v) is 0.854. The van der Waals surface area contributed by atoms with Gasteiger partial charge >= 0.3 is 23.1 Å². The summed E-state index contributed by atoms with van der Waals surface area (Å²) in [7, 11) is 0. The van der Waals surface area contributed by atoms with Crippen LogP contribution < -0.4 is 0 Å². The molecule has 0 aromatic carbocycles. The van der Waals surface area contributed by atoms with Crippen molar-refractivity contribution in [2.75, 3.05) is 0 Å². The summed E-state index contributed by atoms with van der Waals surface area (Å²) in [6.45, 7) is 5.93. The molecule has 0 spiro atoms. The van der Waals surface area contributed by atoms with E-state index in [1.165, 1.54) is 19.3 Å². The molecule has 0 bridgehead atoms. The van der Waals surface area contributed by atoms with Crippen LogP contribution >= 0.6 is 0 Å². The van der Waals surface area contributed by atoms with Gasteiger partial charge in [-0.2, -0.15) is 6.42 Å². The summed E-state index contributed by atoms with van der Waals surface area (Å²) in [6, 6.07) is 0. The molecular weight excluding hydrogens is 96.4 g/mol. The average Bonchev–Trinajstić information content (AvgIpc) is 1.61. The van der Waals surface area contributed by atoms with Crippen LogP contribution in [-0.4, -0.2) is 23.1 Å². The molecule has 0 aromatic rings. The molecule has 0 aliphatic heterocycles. The van der Waals surface area contributed by atoms with Gasteiger partial charge in [-0.25, -0.2) is 0 Å². The van der Waals surface area contributed by atoms with E-state index in [-0.39, 0.29) is 24.5 Å². The molecule has 0 nitrogen and oxygen atoms in total. The Morgan fingerprint density at radius 3 is 2.14 bits per heavy atom. The maximum Gasteiger partial charge on any atom is 2.00 e. The Kier molecular flexibility index (Phi) is 15.1. The van der Waals surface area contributed by atoms with E-state index < -0.39 is 0 Å². The van der Waals surface area contributed by atoms with Crippen molar-refractivity contribution in [3.05, 3.63) is 6.92 Å². The van der Waals surface area contributed by atoms with Gasteiger partial charge in [-0.1, -0.05) is 26.2 Å². The van der Waals surface area contributed by atoms with E-state index >= 15 is 0 Å². The van der Waals surface area contributed by atoms with Crippen LogP contribution in [0.15, 0.2) is 0 Å². The van der Waals surface area contributed by atoms with Gasteiger partial charge in [-0.15, -0.1) is 0 Å². The summed E-state index contributed by atoms with van der Waals surface area (Å²) in [6.07, 6.45) is 5.07. The molecule has 0 aliphatic rings. The first kappa shape index (κ1) is 10.7. The zero-order valence-electron chi connectivity index (χ0n) is 6.24. The van der Waals surface area contributed by atoms with E-state index in [9.17, 15) is 0 Å². The van der Waals surface area contributed by atoms with Crippen molar-refractivity contribution < 1.29 is 1.43 Å². The topological polar surface area (TPSA) is 0 Å². The van der Waals surface area contributed by atoms with Crippen LogP contribution in [0.2, 0.25) is 0 Å². The SMILES string of the molecule is [CH2-]CCCCC.[H-].[Mg+2]. The van der Waals surface area contributed by atoms with Crippen LogP contribution in [0.4, 0.5) is 0 Å². The number of unbranched alkanes of at least 4 members (excludes halogenated alkanes) is 3. The summed E-state index contributed by atoms with van der Waals surface area (Å²) < 4.78 is 0. The van der Waals surface area contributed by atoms with Crippen LogP contribution in [0.5, 0.6) is 0 Å². The minimum atomic E-state index is 0. The second kappa shape index (κ2) is 9.90. The van der Waals surface area contributed by atoms with Crippen LogP contribution in [0.25, 0.3) is 0 Å². The molecule has 40 valence electrons. The Balaban J connectivity index is -0.000000125. The fourth-order valence-electron chi connectivity index (χ4n) is 0.427. The molecule has 0 saturated carbocycles. The third kappa shape index (κ3) is 10.8. The number of hydrogen-bond acceptors (Lipinski definition) is 0. The van der Waals surface area contributed by atoms with Gasteiger partial charge in [-0.05, 0) is 0 Å². The van der Waals surface area contributed by atoms with Crippen molar-refractivity contribution in [2.24, 2.45) is 0 Å². The second-order valence-electron chi connectivity index (χ2n) is 1.56. The summed E-state index contributed by atoms with van der Waals surface area (Å²) >= 11 is 0. The molecule has 0 atom stereocenters. The minimum absolute atomic E-state index is 0. The van der Waals surface area contributed by atoms with Crippen LogP contribution in [0.3, 0.4) is 0 Å². The van der Waals surface area contributed by atoms with Gasteiger partial charge in [0.2, 0.25) is 0 Å². The van der Waals surface area contributed by atoms with Gasteiger partial charge in [0.15, 0.2) is 0 Å². The van der Waals surface area contributed by atoms with Crippen molar-refractivity contribution in [1.29, 1.82) is 0 Å². The fourth-order valence-corrected chi connectivity index (χ4v) is 0.427. The molecule has 0 fully saturated rings. The Labute approximate surface area is 64.3 Å². The van der Waals surface area contributed by atoms with Gasteiger partial charge < -0.3 is 8.35 Å².